The minimum Gasteiger partial charge on any atom is -0.465 e. The molecule has 1 fully saturated rings. The fourth-order valence-corrected chi connectivity index (χ4v) is 2.03. The number of hydrogen-bond donors (Lipinski definition) is 3. The predicted molar refractivity (Wildman–Crippen MR) is 50.5 cm³/mol. The van der Waals surface area contributed by atoms with Crippen molar-refractivity contribution in [2.75, 3.05) is 13.1 Å². The Morgan fingerprint density at radius 2 is 2.15 bits per heavy atom. The number of nitrogens with one attached hydrogen (secondary N) is 1. The number of nitrogens with two attached hydrogens (primary N) is 1. The summed E-state index contributed by atoms with van der Waals surface area (Å²) >= 11 is 0. The maximum Gasteiger partial charge on any atom is 0.404 e. The van der Waals surface area contributed by atoms with Crippen molar-refractivity contribution in [1.29, 1.82) is 0 Å². The Morgan fingerprint density at radius 3 is 2.77 bits per heavy atom. The topological polar surface area (TPSA) is 75.3 Å². The molecule has 13 heavy (non-hydrogen) atoms. The maximum absolute atomic E-state index is 10.3. The normalized spacial score (nSPS) is 28.4. The van der Waals surface area contributed by atoms with Crippen LogP contribution in [0.25, 0.3) is 0 Å². The van der Waals surface area contributed by atoms with Crippen molar-refractivity contribution in [3.63, 3.8) is 0 Å². The quantitative estimate of drug-likeness (QED) is 0.616. The predicted octanol–water partition coefficient (Wildman–Crippen LogP) is 1.02. The SMILES string of the molecule is NC[C@@H]1CCC[C@H](CNC(=O)O)C1. The van der Waals surface area contributed by atoms with Crippen LogP contribution < -0.4 is 11.1 Å². The molecule has 0 aromatic carbocycles. The number of rotatable bonds is 3. The Morgan fingerprint density at radius 1 is 1.46 bits per heavy atom. The molecule has 4 N–H and O–H groups in total. The Labute approximate surface area is 78.5 Å². The summed E-state index contributed by atoms with van der Waals surface area (Å²) in [5.74, 6) is 1.10. The molecule has 0 aliphatic heterocycles. The minimum absolute atomic E-state index is 0.499. The van der Waals surface area contributed by atoms with Crippen LogP contribution in [0.15, 0.2) is 0 Å². The minimum atomic E-state index is -0.921. The second-order valence-corrected chi connectivity index (χ2v) is 3.82. The first kappa shape index (κ1) is 10.3. The van der Waals surface area contributed by atoms with Gasteiger partial charge in [0.05, 0.1) is 0 Å². The van der Waals surface area contributed by atoms with Gasteiger partial charge in [-0.1, -0.05) is 6.42 Å². The van der Waals surface area contributed by atoms with Gasteiger partial charge in [-0.3, -0.25) is 0 Å². The summed E-state index contributed by atoms with van der Waals surface area (Å²) in [7, 11) is 0. The van der Waals surface area contributed by atoms with E-state index in [4.69, 9.17) is 10.8 Å². The van der Waals surface area contributed by atoms with E-state index >= 15 is 0 Å². The molecule has 0 unspecified atom stereocenters. The Hall–Kier alpha value is -0.770. The zero-order valence-corrected chi connectivity index (χ0v) is 7.83. The Balaban J connectivity index is 2.21. The lowest BCUT2D eigenvalue weighted by Gasteiger charge is -2.27. The second-order valence-electron chi connectivity index (χ2n) is 3.82. The van der Waals surface area contributed by atoms with E-state index in [9.17, 15) is 4.79 Å². The highest BCUT2D eigenvalue weighted by atomic mass is 16.4. The van der Waals surface area contributed by atoms with E-state index in [0.717, 1.165) is 19.4 Å². The molecule has 4 nitrogen and oxygen atoms in total. The van der Waals surface area contributed by atoms with Crippen LogP contribution in [0.5, 0.6) is 0 Å². The summed E-state index contributed by atoms with van der Waals surface area (Å²) in [5.41, 5.74) is 5.58. The standard InChI is InChI=1S/C9H18N2O2/c10-5-7-2-1-3-8(4-7)6-11-9(12)13/h7-8,11H,1-6,10H2,(H,12,13)/t7-,8+/m1/s1. The molecule has 0 saturated heterocycles. The molecule has 0 aromatic rings. The van der Waals surface area contributed by atoms with Gasteiger partial charge < -0.3 is 16.2 Å². The highest BCUT2D eigenvalue weighted by Gasteiger charge is 2.20. The Kier molecular flexibility index (Phi) is 4.02. The van der Waals surface area contributed by atoms with Crippen LogP contribution in [0, 0.1) is 11.8 Å². The highest BCUT2D eigenvalue weighted by molar-refractivity contribution is 5.64. The Bertz CT molecular complexity index is 173. The van der Waals surface area contributed by atoms with Gasteiger partial charge in [-0.25, -0.2) is 4.79 Å². The van der Waals surface area contributed by atoms with Gasteiger partial charge in [-0.05, 0) is 37.6 Å². The molecule has 0 aromatic heterocycles. The summed E-state index contributed by atoms with van der Waals surface area (Å²) in [4.78, 5) is 10.3. The maximum atomic E-state index is 10.3. The monoisotopic (exact) mass is 186 g/mol. The zero-order chi connectivity index (χ0) is 9.68. The molecule has 0 spiro atoms. The third kappa shape index (κ3) is 3.63. The zero-order valence-electron chi connectivity index (χ0n) is 7.83. The first-order chi connectivity index (χ1) is 6.22. The van der Waals surface area contributed by atoms with E-state index in [-0.39, 0.29) is 0 Å². The number of amides is 1. The third-order valence-electron chi connectivity index (χ3n) is 2.77. The number of carbonyl (C=O) groups is 1. The van der Waals surface area contributed by atoms with Gasteiger partial charge in [0, 0.05) is 6.54 Å². The molecule has 1 saturated carbocycles. The van der Waals surface area contributed by atoms with Crippen molar-refractivity contribution in [2.24, 2.45) is 17.6 Å². The van der Waals surface area contributed by atoms with Gasteiger partial charge in [-0.2, -0.15) is 0 Å². The van der Waals surface area contributed by atoms with E-state index in [1.54, 1.807) is 0 Å². The van der Waals surface area contributed by atoms with Gasteiger partial charge in [0.2, 0.25) is 0 Å². The fourth-order valence-electron chi connectivity index (χ4n) is 2.03. The second kappa shape index (κ2) is 5.07. The smallest absolute Gasteiger partial charge is 0.404 e. The van der Waals surface area contributed by atoms with Gasteiger partial charge in [0.25, 0.3) is 0 Å². The molecule has 1 aliphatic rings. The van der Waals surface area contributed by atoms with Crippen LogP contribution in [-0.4, -0.2) is 24.3 Å². The van der Waals surface area contributed by atoms with Crippen LogP contribution >= 0.6 is 0 Å². The average molecular weight is 186 g/mol. The van der Waals surface area contributed by atoms with E-state index in [1.807, 2.05) is 0 Å². The van der Waals surface area contributed by atoms with Crippen molar-refractivity contribution >= 4 is 6.09 Å². The average Bonchev–Trinajstić information content (AvgIpc) is 2.15. The summed E-state index contributed by atoms with van der Waals surface area (Å²) in [6, 6.07) is 0. The fraction of sp³-hybridized carbons (Fsp3) is 0.889. The van der Waals surface area contributed by atoms with Crippen molar-refractivity contribution in [1.82, 2.24) is 5.32 Å². The van der Waals surface area contributed by atoms with Gasteiger partial charge in [0.15, 0.2) is 0 Å². The van der Waals surface area contributed by atoms with Crippen molar-refractivity contribution in [3.8, 4) is 0 Å². The molecular weight excluding hydrogens is 168 g/mol. The van der Waals surface area contributed by atoms with E-state index in [2.05, 4.69) is 5.32 Å². The molecule has 4 heteroatoms. The first-order valence-electron chi connectivity index (χ1n) is 4.89. The lowest BCUT2D eigenvalue weighted by molar-refractivity contribution is 0.187. The van der Waals surface area contributed by atoms with Crippen molar-refractivity contribution in [2.45, 2.75) is 25.7 Å². The van der Waals surface area contributed by atoms with E-state index in [1.165, 1.54) is 12.8 Å². The molecule has 1 amide bonds. The molecule has 0 radical (unpaired) electrons. The van der Waals surface area contributed by atoms with Crippen molar-refractivity contribution in [3.05, 3.63) is 0 Å². The van der Waals surface area contributed by atoms with Crippen LogP contribution in [0.4, 0.5) is 4.79 Å². The van der Waals surface area contributed by atoms with Gasteiger partial charge in [0.1, 0.15) is 0 Å². The van der Waals surface area contributed by atoms with E-state index in [0.29, 0.717) is 18.4 Å². The summed E-state index contributed by atoms with van der Waals surface area (Å²) in [6.45, 7) is 1.33. The molecule has 2 atom stereocenters. The van der Waals surface area contributed by atoms with Gasteiger partial charge >= 0.3 is 6.09 Å². The number of carboxylic acid groups (broad SMARTS) is 1. The van der Waals surface area contributed by atoms with Crippen LogP contribution in [0.2, 0.25) is 0 Å². The van der Waals surface area contributed by atoms with Crippen molar-refractivity contribution < 1.29 is 9.90 Å². The summed E-state index contributed by atoms with van der Waals surface area (Å²) in [5, 5.41) is 10.9. The number of hydrogen-bond acceptors (Lipinski definition) is 2. The highest BCUT2D eigenvalue weighted by Crippen LogP contribution is 2.27. The molecule has 1 aliphatic carbocycles. The summed E-state index contributed by atoms with van der Waals surface area (Å²) < 4.78 is 0. The first-order valence-corrected chi connectivity index (χ1v) is 4.89. The lowest BCUT2D eigenvalue weighted by Crippen LogP contribution is -2.32. The largest absolute Gasteiger partial charge is 0.465 e. The van der Waals surface area contributed by atoms with Crippen LogP contribution in [0.3, 0.4) is 0 Å². The van der Waals surface area contributed by atoms with Crippen LogP contribution in [0.1, 0.15) is 25.7 Å². The lowest BCUT2D eigenvalue weighted by atomic mass is 9.81. The molecule has 0 heterocycles. The van der Waals surface area contributed by atoms with E-state index < -0.39 is 6.09 Å². The summed E-state index contributed by atoms with van der Waals surface area (Å²) in [6.07, 6.45) is 3.69. The van der Waals surface area contributed by atoms with Gasteiger partial charge in [-0.15, -0.1) is 0 Å². The molecule has 76 valence electrons. The third-order valence-corrected chi connectivity index (χ3v) is 2.77. The van der Waals surface area contributed by atoms with Crippen LogP contribution in [-0.2, 0) is 0 Å². The molecule has 0 bridgehead atoms. The molecule has 1 rings (SSSR count). The molecular formula is C9H18N2O2.